The summed E-state index contributed by atoms with van der Waals surface area (Å²) >= 11 is 3.38. The monoisotopic (exact) mass is 371 g/mol. The maximum absolute atomic E-state index is 9.89. The van der Waals surface area contributed by atoms with Crippen molar-refractivity contribution >= 4 is 15.9 Å². The van der Waals surface area contributed by atoms with Gasteiger partial charge in [0.2, 0.25) is 0 Å². The topological polar surface area (TPSA) is 50.7 Å². The number of halogens is 1. The number of hydrogen-bond acceptors (Lipinski definition) is 4. The van der Waals surface area contributed by atoms with Crippen LogP contribution < -0.4 is 10.1 Å². The van der Waals surface area contributed by atoms with Crippen LogP contribution in [0.4, 0.5) is 0 Å². The fourth-order valence-electron chi connectivity index (χ4n) is 2.64. The van der Waals surface area contributed by atoms with Crippen LogP contribution >= 0.6 is 15.9 Å². The minimum Gasteiger partial charge on any atom is -0.491 e. The van der Waals surface area contributed by atoms with Crippen LogP contribution in [0.2, 0.25) is 0 Å². The van der Waals surface area contributed by atoms with Crippen molar-refractivity contribution in [1.82, 2.24) is 5.32 Å². The van der Waals surface area contributed by atoms with E-state index >= 15 is 0 Å². The van der Waals surface area contributed by atoms with Crippen LogP contribution in [0, 0.1) is 0 Å². The average molecular weight is 372 g/mol. The Hall–Kier alpha value is -0.620. The SMILES string of the molecule is O[C@@H](CNC1CCCCC1)COCCOc1ccc(Br)cc1. The van der Waals surface area contributed by atoms with E-state index in [4.69, 9.17) is 9.47 Å². The molecule has 1 aliphatic carbocycles. The second-order valence-electron chi connectivity index (χ2n) is 5.77. The van der Waals surface area contributed by atoms with Gasteiger partial charge >= 0.3 is 0 Å². The molecule has 4 nitrogen and oxygen atoms in total. The summed E-state index contributed by atoms with van der Waals surface area (Å²) in [5.74, 6) is 0.825. The van der Waals surface area contributed by atoms with E-state index in [9.17, 15) is 5.11 Å². The Labute approximate surface area is 141 Å². The van der Waals surface area contributed by atoms with Crippen molar-refractivity contribution in [2.24, 2.45) is 0 Å². The van der Waals surface area contributed by atoms with Crippen molar-refractivity contribution in [2.75, 3.05) is 26.4 Å². The molecule has 0 bridgehead atoms. The molecule has 1 saturated carbocycles. The Morgan fingerprint density at radius 1 is 1.14 bits per heavy atom. The Kier molecular flexibility index (Phi) is 8.23. The molecule has 124 valence electrons. The van der Waals surface area contributed by atoms with Crippen molar-refractivity contribution < 1.29 is 14.6 Å². The lowest BCUT2D eigenvalue weighted by Crippen LogP contribution is -2.38. The Morgan fingerprint density at radius 3 is 2.59 bits per heavy atom. The summed E-state index contributed by atoms with van der Waals surface area (Å²) in [6, 6.07) is 8.28. The number of rotatable bonds is 9. The van der Waals surface area contributed by atoms with Gasteiger partial charge < -0.3 is 19.9 Å². The van der Waals surface area contributed by atoms with Gasteiger partial charge in [0, 0.05) is 17.1 Å². The molecule has 0 unspecified atom stereocenters. The maximum atomic E-state index is 9.89. The van der Waals surface area contributed by atoms with Crippen LogP contribution in [-0.4, -0.2) is 43.6 Å². The summed E-state index contributed by atoms with van der Waals surface area (Å²) in [6.45, 7) is 1.93. The molecule has 1 aliphatic rings. The fraction of sp³-hybridized carbons (Fsp3) is 0.647. The van der Waals surface area contributed by atoms with Crippen molar-refractivity contribution in [3.8, 4) is 5.75 Å². The predicted molar refractivity (Wildman–Crippen MR) is 91.3 cm³/mol. The molecule has 0 amide bonds. The van der Waals surface area contributed by atoms with Crippen molar-refractivity contribution in [3.63, 3.8) is 0 Å². The van der Waals surface area contributed by atoms with E-state index in [1.807, 2.05) is 24.3 Å². The minimum atomic E-state index is -0.449. The molecule has 5 heteroatoms. The molecule has 0 saturated heterocycles. The molecule has 1 aromatic rings. The van der Waals surface area contributed by atoms with Gasteiger partial charge in [-0.05, 0) is 37.1 Å². The molecule has 1 fully saturated rings. The first-order chi connectivity index (χ1) is 10.7. The fourth-order valence-corrected chi connectivity index (χ4v) is 2.90. The van der Waals surface area contributed by atoms with Gasteiger partial charge in [0.1, 0.15) is 12.4 Å². The lowest BCUT2D eigenvalue weighted by atomic mass is 9.95. The van der Waals surface area contributed by atoms with E-state index in [-0.39, 0.29) is 0 Å². The summed E-state index contributed by atoms with van der Waals surface area (Å²) in [4.78, 5) is 0. The summed E-state index contributed by atoms with van der Waals surface area (Å²) in [7, 11) is 0. The first-order valence-corrected chi connectivity index (χ1v) is 8.91. The Bertz CT molecular complexity index is 407. The van der Waals surface area contributed by atoms with Gasteiger partial charge in [0.25, 0.3) is 0 Å². The van der Waals surface area contributed by atoms with Gasteiger partial charge in [-0.2, -0.15) is 0 Å². The van der Waals surface area contributed by atoms with E-state index in [1.54, 1.807) is 0 Å². The molecule has 0 spiro atoms. The smallest absolute Gasteiger partial charge is 0.119 e. The Balaban J connectivity index is 1.48. The molecule has 1 aromatic carbocycles. The largest absolute Gasteiger partial charge is 0.491 e. The minimum absolute atomic E-state index is 0.351. The number of hydrogen-bond donors (Lipinski definition) is 2. The highest BCUT2D eigenvalue weighted by Gasteiger charge is 2.14. The van der Waals surface area contributed by atoms with Gasteiger partial charge in [0.05, 0.1) is 19.3 Å². The highest BCUT2D eigenvalue weighted by atomic mass is 79.9. The van der Waals surface area contributed by atoms with Crippen LogP contribution in [0.15, 0.2) is 28.7 Å². The average Bonchev–Trinajstić information content (AvgIpc) is 2.55. The van der Waals surface area contributed by atoms with Crippen LogP contribution in [0.3, 0.4) is 0 Å². The summed E-state index contributed by atoms with van der Waals surface area (Å²) in [5, 5.41) is 13.3. The number of aliphatic hydroxyl groups excluding tert-OH is 1. The van der Waals surface area contributed by atoms with Gasteiger partial charge in [-0.1, -0.05) is 35.2 Å². The predicted octanol–water partition coefficient (Wildman–Crippen LogP) is 3.13. The molecule has 0 aromatic heterocycles. The van der Waals surface area contributed by atoms with E-state index in [2.05, 4.69) is 21.2 Å². The van der Waals surface area contributed by atoms with E-state index in [1.165, 1.54) is 32.1 Å². The lowest BCUT2D eigenvalue weighted by Gasteiger charge is -2.24. The van der Waals surface area contributed by atoms with Gasteiger partial charge in [-0.25, -0.2) is 0 Å². The van der Waals surface area contributed by atoms with Gasteiger partial charge in [-0.15, -0.1) is 0 Å². The second kappa shape index (κ2) is 10.2. The van der Waals surface area contributed by atoms with Crippen LogP contribution in [0.5, 0.6) is 5.75 Å². The molecule has 2 N–H and O–H groups in total. The quantitative estimate of drug-likeness (QED) is 0.654. The number of benzene rings is 1. The first kappa shape index (κ1) is 17.7. The molecule has 0 heterocycles. The normalized spacial score (nSPS) is 17.4. The van der Waals surface area contributed by atoms with Gasteiger partial charge in [0.15, 0.2) is 0 Å². The number of ether oxygens (including phenoxy) is 2. The first-order valence-electron chi connectivity index (χ1n) is 8.11. The maximum Gasteiger partial charge on any atom is 0.119 e. The second-order valence-corrected chi connectivity index (χ2v) is 6.69. The van der Waals surface area contributed by atoms with Crippen molar-refractivity contribution in [1.29, 1.82) is 0 Å². The van der Waals surface area contributed by atoms with Crippen molar-refractivity contribution in [3.05, 3.63) is 28.7 Å². The van der Waals surface area contributed by atoms with Crippen LogP contribution in [-0.2, 0) is 4.74 Å². The standard InChI is InChI=1S/C17H26BrNO3/c18-14-6-8-17(9-7-14)22-11-10-21-13-16(20)12-19-15-4-2-1-3-5-15/h6-9,15-16,19-20H,1-5,10-13H2/t16-/m0/s1. The van der Waals surface area contributed by atoms with E-state index in [0.717, 1.165) is 10.2 Å². The molecular formula is C17H26BrNO3. The summed E-state index contributed by atoms with van der Waals surface area (Å²) in [6.07, 6.45) is 5.97. The third-order valence-corrected chi connectivity index (χ3v) is 4.40. The van der Waals surface area contributed by atoms with Gasteiger partial charge in [-0.3, -0.25) is 0 Å². The summed E-state index contributed by atoms with van der Waals surface area (Å²) in [5.41, 5.74) is 0. The highest BCUT2D eigenvalue weighted by Crippen LogP contribution is 2.17. The third-order valence-electron chi connectivity index (χ3n) is 3.87. The molecule has 1 atom stereocenters. The van der Waals surface area contributed by atoms with Crippen LogP contribution in [0.25, 0.3) is 0 Å². The number of nitrogens with one attached hydrogen (secondary N) is 1. The molecular weight excluding hydrogens is 346 g/mol. The zero-order valence-corrected chi connectivity index (χ0v) is 14.6. The highest BCUT2D eigenvalue weighted by molar-refractivity contribution is 9.10. The van der Waals surface area contributed by atoms with E-state index < -0.39 is 6.10 Å². The molecule has 22 heavy (non-hydrogen) atoms. The molecule has 0 aliphatic heterocycles. The van der Waals surface area contributed by atoms with Crippen LogP contribution in [0.1, 0.15) is 32.1 Å². The number of aliphatic hydroxyl groups is 1. The third kappa shape index (κ3) is 7.09. The lowest BCUT2D eigenvalue weighted by molar-refractivity contribution is 0.0235. The zero-order valence-electron chi connectivity index (χ0n) is 13.0. The Morgan fingerprint density at radius 2 is 1.86 bits per heavy atom. The van der Waals surface area contributed by atoms with Crippen molar-refractivity contribution in [2.45, 2.75) is 44.2 Å². The molecule has 2 rings (SSSR count). The summed E-state index contributed by atoms with van der Waals surface area (Å²) < 4.78 is 12.0. The van der Waals surface area contributed by atoms with E-state index in [0.29, 0.717) is 32.4 Å². The zero-order chi connectivity index (χ0) is 15.6. The molecule has 0 radical (unpaired) electrons.